The maximum Gasteiger partial charge on any atom is 0.145 e. The van der Waals surface area contributed by atoms with Crippen molar-refractivity contribution in [3.63, 3.8) is 0 Å². The Balaban J connectivity index is 3.06. The fraction of sp³-hybridized carbons (Fsp3) is 0.455. The number of methoxy groups -OCH3 is 1. The van der Waals surface area contributed by atoms with Crippen LogP contribution in [0.5, 0.6) is 5.75 Å². The molecule has 0 spiro atoms. The van der Waals surface area contributed by atoms with Gasteiger partial charge in [-0.25, -0.2) is 4.39 Å². The van der Waals surface area contributed by atoms with Crippen LogP contribution in [0.1, 0.15) is 19.4 Å². The highest BCUT2D eigenvalue weighted by atomic mass is 35.5. The Hall–Kier alpha value is -0.800. The lowest BCUT2D eigenvalue weighted by Gasteiger charge is -2.19. The average Bonchev–Trinajstić information content (AvgIpc) is 2.08. The molecule has 0 saturated carbocycles. The largest absolute Gasteiger partial charge is 0.495 e. The number of halogens is 2. The van der Waals surface area contributed by atoms with E-state index in [0.717, 1.165) is 5.56 Å². The van der Waals surface area contributed by atoms with Gasteiger partial charge in [-0.3, -0.25) is 0 Å². The Labute approximate surface area is 94.2 Å². The molecule has 0 radical (unpaired) electrons. The van der Waals surface area contributed by atoms with E-state index < -0.39 is 5.82 Å². The van der Waals surface area contributed by atoms with E-state index in [2.05, 4.69) is 0 Å². The van der Waals surface area contributed by atoms with Gasteiger partial charge in [0.1, 0.15) is 16.6 Å². The lowest BCUT2D eigenvalue weighted by atomic mass is 9.96. The third kappa shape index (κ3) is 3.36. The van der Waals surface area contributed by atoms with Crippen LogP contribution in [-0.4, -0.2) is 12.6 Å². The summed E-state index contributed by atoms with van der Waals surface area (Å²) >= 11 is 5.71. The van der Waals surface area contributed by atoms with Crippen molar-refractivity contribution in [2.45, 2.75) is 25.8 Å². The van der Waals surface area contributed by atoms with Crippen LogP contribution in [0.2, 0.25) is 5.02 Å². The van der Waals surface area contributed by atoms with E-state index in [4.69, 9.17) is 22.1 Å². The SMILES string of the molecule is COc1cc(CC(C)(C)N)cc(F)c1Cl. The monoisotopic (exact) mass is 231 g/mol. The summed E-state index contributed by atoms with van der Waals surface area (Å²) in [7, 11) is 1.46. The number of benzene rings is 1. The smallest absolute Gasteiger partial charge is 0.145 e. The molecule has 0 unspecified atom stereocenters. The summed E-state index contributed by atoms with van der Waals surface area (Å²) in [6.07, 6.45) is 0.567. The fourth-order valence-electron chi connectivity index (χ4n) is 1.39. The third-order valence-electron chi connectivity index (χ3n) is 1.93. The molecule has 2 nitrogen and oxygen atoms in total. The molecule has 0 aliphatic carbocycles. The van der Waals surface area contributed by atoms with Crippen LogP contribution in [0.3, 0.4) is 0 Å². The van der Waals surface area contributed by atoms with Crippen molar-refractivity contribution in [3.05, 3.63) is 28.5 Å². The molecule has 0 saturated heterocycles. The van der Waals surface area contributed by atoms with Crippen molar-refractivity contribution in [1.29, 1.82) is 0 Å². The predicted octanol–water partition coefficient (Wildman–Crippen LogP) is 2.77. The van der Waals surface area contributed by atoms with Crippen LogP contribution in [0.4, 0.5) is 4.39 Å². The zero-order valence-electron chi connectivity index (χ0n) is 9.10. The van der Waals surface area contributed by atoms with Gasteiger partial charge >= 0.3 is 0 Å². The normalized spacial score (nSPS) is 11.6. The number of hydrogen-bond donors (Lipinski definition) is 1. The fourth-order valence-corrected chi connectivity index (χ4v) is 1.58. The minimum Gasteiger partial charge on any atom is -0.495 e. The molecule has 1 rings (SSSR count). The molecule has 0 heterocycles. The molecule has 84 valence electrons. The summed E-state index contributed by atoms with van der Waals surface area (Å²) in [6, 6.07) is 3.10. The van der Waals surface area contributed by atoms with E-state index in [1.54, 1.807) is 6.07 Å². The molecule has 1 aromatic carbocycles. The first-order valence-corrected chi connectivity index (χ1v) is 5.02. The van der Waals surface area contributed by atoms with Crippen molar-refractivity contribution in [3.8, 4) is 5.75 Å². The Morgan fingerprint density at radius 3 is 2.53 bits per heavy atom. The van der Waals surface area contributed by atoms with E-state index in [1.165, 1.54) is 13.2 Å². The maximum atomic E-state index is 13.3. The second-order valence-corrected chi connectivity index (χ2v) is 4.64. The van der Waals surface area contributed by atoms with Crippen molar-refractivity contribution < 1.29 is 9.13 Å². The Bertz CT molecular complexity index is 360. The van der Waals surface area contributed by atoms with Crippen molar-refractivity contribution in [2.75, 3.05) is 7.11 Å². The second-order valence-electron chi connectivity index (χ2n) is 4.26. The molecular weight excluding hydrogens is 217 g/mol. The molecule has 0 aliphatic rings. The van der Waals surface area contributed by atoms with E-state index in [1.807, 2.05) is 13.8 Å². The van der Waals surface area contributed by atoms with E-state index in [-0.39, 0.29) is 10.6 Å². The van der Waals surface area contributed by atoms with Crippen LogP contribution >= 0.6 is 11.6 Å². The zero-order chi connectivity index (χ0) is 11.6. The summed E-state index contributed by atoms with van der Waals surface area (Å²) in [4.78, 5) is 0. The van der Waals surface area contributed by atoms with Crippen LogP contribution in [0.25, 0.3) is 0 Å². The first-order valence-electron chi connectivity index (χ1n) is 4.64. The molecule has 0 aliphatic heterocycles. The molecule has 0 bridgehead atoms. The summed E-state index contributed by atoms with van der Waals surface area (Å²) in [5.74, 6) is -0.133. The van der Waals surface area contributed by atoms with Gasteiger partial charge in [-0.05, 0) is 38.0 Å². The van der Waals surface area contributed by atoms with Gasteiger partial charge in [-0.1, -0.05) is 11.6 Å². The minimum atomic E-state index is -0.477. The van der Waals surface area contributed by atoms with Crippen LogP contribution in [-0.2, 0) is 6.42 Å². The van der Waals surface area contributed by atoms with Gasteiger partial charge in [0.25, 0.3) is 0 Å². The summed E-state index contributed by atoms with van der Waals surface area (Å²) in [5.41, 5.74) is 6.25. The molecule has 4 heteroatoms. The lowest BCUT2D eigenvalue weighted by Crippen LogP contribution is -2.34. The average molecular weight is 232 g/mol. The second kappa shape index (κ2) is 4.37. The zero-order valence-corrected chi connectivity index (χ0v) is 9.86. The molecule has 15 heavy (non-hydrogen) atoms. The van der Waals surface area contributed by atoms with Gasteiger partial charge in [0.2, 0.25) is 0 Å². The number of hydrogen-bond acceptors (Lipinski definition) is 2. The predicted molar refractivity (Wildman–Crippen MR) is 59.9 cm³/mol. The topological polar surface area (TPSA) is 35.2 Å². The number of ether oxygens (including phenoxy) is 1. The van der Waals surface area contributed by atoms with Crippen LogP contribution < -0.4 is 10.5 Å². The Morgan fingerprint density at radius 2 is 2.07 bits per heavy atom. The van der Waals surface area contributed by atoms with E-state index in [0.29, 0.717) is 12.2 Å². The van der Waals surface area contributed by atoms with Gasteiger partial charge in [0.15, 0.2) is 0 Å². The highest BCUT2D eigenvalue weighted by molar-refractivity contribution is 6.32. The first kappa shape index (κ1) is 12.3. The maximum absolute atomic E-state index is 13.3. The first-order chi connectivity index (χ1) is 6.83. The van der Waals surface area contributed by atoms with Crippen molar-refractivity contribution in [2.24, 2.45) is 5.73 Å². The van der Waals surface area contributed by atoms with E-state index >= 15 is 0 Å². The summed E-state index contributed by atoms with van der Waals surface area (Å²) in [5, 5.41) is 0.0103. The molecule has 0 atom stereocenters. The Kier molecular flexibility index (Phi) is 3.58. The van der Waals surface area contributed by atoms with Crippen molar-refractivity contribution >= 4 is 11.6 Å². The molecule has 0 fully saturated rings. The summed E-state index contributed by atoms with van der Waals surface area (Å²) in [6.45, 7) is 3.76. The highest BCUT2D eigenvalue weighted by Crippen LogP contribution is 2.29. The van der Waals surface area contributed by atoms with Gasteiger partial charge in [-0.15, -0.1) is 0 Å². The minimum absolute atomic E-state index is 0.0103. The van der Waals surface area contributed by atoms with Crippen LogP contribution in [0.15, 0.2) is 12.1 Å². The molecule has 2 N–H and O–H groups in total. The summed E-state index contributed by atoms with van der Waals surface area (Å²) < 4.78 is 18.3. The quantitative estimate of drug-likeness (QED) is 0.868. The molecule has 0 aromatic heterocycles. The third-order valence-corrected chi connectivity index (χ3v) is 2.30. The number of rotatable bonds is 3. The highest BCUT2D eigenvalue weighted by Gasteiger charge is 2.15. The Morgan fingerprint density at radius 1 is 1.47 bits per heavy atom. The molecule has 1 aromatic rings. The number of nitrogens with two attached hydrogens (primary N) is 1. The standard InChI is InChI=1S/C11H15ClFNO/c1-11(2,14)6-7-4-8(13)10(12)9(5-7)15-3/h4-5H,6,14H2,1-3H3. The lowest BCUT2D eigenvalue weighted by molar-refractivity contribution is 0.410. The molecular formula is C11H15ClFNO. The molecule has 0 amide bonds. The van der Waals surface area contributed by atoms with Crippen molar-refractivity contribution in [1.82, 2.24) is 0 Å². The van der Waals surface area contributed by atoms with Gasteiger partial charge in [0, 0.05) is 5.54 Å². The van der Waals surface area contributed by atoms with Gasteiger partial charge in [0.05, 0.1) is 7.11 Å². The van der Waals surface area contributed by atoms with Gasteiger partial charge in [-0.2, -0.15) is 0 Å². The van der Waals surface area contributed by atoms with E-state index in [9.17, 15) is 4.39 Å². The van der Waals surface area contributed by atoms with Crippen LogP contribution in [0, 0.1) is 5.82 Å². The van der Waals surface area contributed by atoms with Gasteiger partial charge < -0.3 is 10.5 Å².